The fourth-order valence-corrected chi connectivity index (χ4v) is 2.09. The molecule has 1 unspecified atom stereocenters. The van der Waals surface area contributed by atoms with Crippen molar-refractivity contribution in [1.82, 2.24) is 5.32 Å². The van der Waals surface area contributed by atoms with Crippen LogP contribution in [0.3, 0.4) is 0 Å². The van der Waals surface area contributed by atoms with Gasteiger partial charge in [0.15, 0.2) is 0 Å². The zero-order valence-electron chi connectivity index (χ0n) is 11.9. The third-order valence-electron chi connectivity index (χ3n) is 3.37. The first-order valence-electron chi connectivity index (χ1n) is 7.12. The Hall–Kier alpha value is -0.890. The quantitative estimate of drug-likeness (QED) is 0.667. The second-order valence-electron chi connectivity index (χ2n) is 5.21. The van der Waals surface area contributed by atoms with Crippen LogP contribution in [0.1, 0.15) is 57.1 Å². The van der Waals surface area contributed by atoms with Crippen molar-refractivity contribution in [3.63, 3.8) is 0 Å². The number of unbranched alkanes of at least 4 members (excludes halogenated alkanes) is 3. The number of aryl methyl sites for hydroxylation is 1. The normalized spacial score (nSPS) is 12.7. The molecule has 1 aromatic rings. The van der Waals surface area contributed by atoms with Crippen LogP contribution in [0.2, 0.25) is 0 Å². The Kier molecular flexibility index (Phi) is 6.96. The standard InChI is InChI=1S/C16H26FN/c1-4-5-6-7-8-14(3)18-12-15-9-10-16(17)13(2)11-15/h9-11,14,18H,4-8,12H2,1-3H3. The monoisotopic (exact) mass is 251 g/mol. The van der Waals surface area contributed by atoms with Gasteiger partial charge in [-0.1, -0.05) is 44.7 Å². The first-order chi connectivity index (χ1) is 8.63. The van der Waals surface area contributed by atoms with Crippen LogP contribution in [0.5, 0.6) is 0 Å². The summed E-state index contributed by atoms with van der Waals surface area (Å²) in [7, 11) is 0. The lowest BCUT2D eigenvalue weighted by atomic mass is 10.1. The van der Waals surface area contributed by atoms with Gasteiger partial charge in [0.1, 0.15) is 5.82 Å². The molecule has 0 aliphatic carbocycles. The molecule has 0 bridgehead atoms. The van der Waals surface area contributed by atoms with Crippen molar-refractivity contribution < 1.29 is 4.39 Å². The van der Waals surface area contributed by atoms with Gasteiger partial charge >= 0.3 is 0 Å². The highest BCUT2D eigenvalue weighted by atomic mass is 19.1. The molecule has 0 aliphatic heterocycles. The predicted molar refractivity (Wildman–Crippen MR) is 76.2 cm³/mol. The molecule has 18 heavy (non-hydrogen) atoms. The molecule has 0 heterocycles. The highest BCUT2D eigenvalue weighted by Gasteiger charge is 2.03. The van der Waals surface area contributed by atoms with E-state index in [4.69, 9.17) is 0 Å². The molecule has 1 aromatic carbocycles. The van der Waals surface area contributed by atoms with Crippen molar-refractivity contribution in [3.8, 4) is 0 Å². The molecule has 102 valence electrons. The van der Waals surface area contributed by atoms with Gasteiger partial charge in [0.05, 0.1) is 0 Å². The molecule has 1 rings (SSSR count). The van der Waals surface area contributed by atoms with E-state index < -0.39 is 0 Å². The van der Waals surface area contributed by atoms with E-state index in [9.17, 15) is 4.39 Å². The van der Waals surface area contributed by atoms with Crippen molar-refractivity contribution in [1.29, 1.82) is 0 Å². The second kappa shape index (κ2) is 8.25. The van der Waals surface area contributed by atoms with E-state index in [2.05, 4.69) is 19.2 Å². The molecule has 1 nitrogen and oxygen atoms in total. The summed E-state index contributed by atoms with van der Waals surface area (Å²) in [6.07, 6.45) is 6.48. The minimum atomic E-state index is -0.119. The van der Waals surface area contributed by atoms with Crippen LogP contribution >= 0.6 is 0 Å². The fraction of sp³-hybridized carbons (Fsp3) is 0.625. The maximum atomic E-state index is 13.1. The highest BCUT2D eigenvalue weighted by molar-refractivity contribution is 5.23. The number of rotatable bonds is 8. The molecule has 0 aliphatic rings. The van der Waals surface area contributed by atoms with E-state index in [-0.39, 0.29) is 5.82 Å². The van der Waals surface area contributed by atoms with Gasteiger partial charge in [-0.2, -0.15) is 0 Å². The summed E-state index contributed by atoms with van der Waals surface area (Å²) in [5.41, 5.74) is 1.89. The lowest BCUT2D eigenvalue weighted by molar-refractivity contribution is 0.482. The molecule has 0 saturated carbocycles. The molecule has 0 amide bonds. The van der Waals surface area contributed by atoms with E-state index in [1.165, 1.54) is 32.1 Å². The summed E-state index contributed by atoms with van der Waals surface area (Å²) in [6.45, 7) is 7.10. The topological polar surface area (TPSA) is 12.0 Å². The third kappa shape index (κ3) is 5.63. The fourth-order valence-electron chi connectivity index (χ4n) is 2.09. The Morgan fingerprint density at radius 2 is 2.00 bits per heavy atom. The Bertz CT molecular complexity index is 349. The first kappa shape index (κ1) is 15.2. The summed E-state index contributed by atoms with van der Waals surface area (Å²) >= 11 is 0. The van der Waals surface area contributed by atoms with E-state index in [0.717, 1.165) is 17.7 Å². The molecule has 0 saturated heterocycles. The molecule has 1 N–H and O–H groups in total. The van der Waals surface area contributed by atoms with Crippen LogP contribution in [0.15, 0.2) is 18.2 Å². The van der Waals surface area contributed by atoms with Crippen LogP contribution in [0.4, 0.5) is 4.39 Å². The highest BCUT2D eigenvalue weighted by Crippen LogP contribution is 2.10. The van der Waals surface area contributed by atoms with E-state index in [1.807, 2.05) is 19.1 Å². The van der Waals surface area contributed by atoms with Crippen LogP contribution in [-0.4, -0.2) is 6.04 Å². The van der Waals surface area contributed by atoms with Crippen molar-refractivity contribution in [2.24, 2.45) is 0 Å². The number of hydrogen-bond donors (Lipinski definition) is 1. The number of nitrogens with one attached hydrogen (secondary N) is 1. The average molecular weight is 251 g/mol. The molecule has 0 fully saturated rings. The van der Waals surface area contributed by atoms with Crippen LogP contribution in [-0.2, 0) is 6.54 Å². The maximum absolute atomic E-state index is 13.1. The predicted octanol–water partition coefficient (Wildman–Crippen LogP) is 4.58. The molecule has 1 atom stereocenters. The first-order valence-corrected chi connectivity index (χ1v) is 7.12. The lowest BCUT2D eigenvalue weighted by Gasteiger charge is -2.14. The van der Waals surface area contributed by atoms with Crippen LogP contribution in [0, 0.1) is 12.7 Å². The van der Waals surface area contributed by atoms with Gasteiger partial charge in [0, 0.05) is 12.6 Å². The molecule has 0 aromatic heterocycles. The minimum Gasteiger partial charge on any atom is -0.310 e. The molecular weight excluding hydrogens is 225 g/mol. The van der Waals surface area contributed by atoms with E-state index in [1.54, 1.807) is 6.07 Å². The Morgan fingerprint density at radius 3 is 2.67 bits per heavy atom. The van der Waals surface area contributed by atoms with Gasteiger partial charge in [-0.3, -0.25) is 0 Å². The van der Waals surface area contributed by atoms with Crippen molar-refractivity contribution in [2.45, 2.75) is 65.5 Å². The van der Waals surface area contributed by atoms with Crippen molar-refractivity contribution in [3.05, 3.63) is 35.1 Å². The Balaban J connectivity index is 2.24. The Morgan fingerprint density at radius 1 is 1.22 bits per heavy atom. The maximum Gasteiger partial charge on any atom is 0.126 e. The van der Waals surface area contributed by atoms with Gasteiger partial charge < -0.3 is 5.32 Å². The summed E-state index contributed by atoms with van der Waals surface area (Å²) < 4.78 is 13.1. The Labute approximate surface area is 111 Å². The summed E-state index contributed by atoms with van der Waals surface area (Å²) in [6, 6.07) is 5.87. The number of hydrogen-bond acceptors (Lipinski definition) is 1. The summed E-state index contributed by atoms with van der Waals surface area (Å²) in [5, 5.41) is 3.50. The largest absolute Gasteiger partial charge is 0.310 e. The molecular formula is C16H26FN. The van der Waals surface area contributed by atoms with Crippen molar-refractivity contribution in [2.75, 3.05) is 0 Å². The zero-order valence-corrected chi connectivity index (χ0v) is 11.9. The average Bonchev–Trinajstić information content (AvgIpc) is 2.36. The second-order valence-corrected chi connectivity index (χ2v) is 5.21. The zero-order chi connectivity index (χ0) is 13.4. The van der Waals surface area contributed by atoms with E-state index >= 15 is 0 Å². The lowest BCUT2D eigenvalue weighted by Crippen LogP contribution is -2.25. The van der Waals surface area contributed by atoms with Crippen molar-refractivity contribution >= 4 is 0 Å². The third-order valence-corrected chi connectivity index (χ3v) is 3.37. The smallest absolute Gasteiger partial charge is 0.126 e. The van der Waals surface area contributed by atoms with E-state index in [0.29, 0.717) is 6.04 Å². The van der Waals surface area contributed by atoms with Gasteiger partial charge in [-0.25, -0.2) is 4.39 Å². The van der Waals surface area contributed by atoms with Gasteiger partial charge in [-0.15, -0.1) is 0 Å². The number of benzene rings is 1. The van der Waals surface area contributed by atoms with Gasteiger partial charge in [0.2, 0.25) is 0 Å². The summed E-state index contributed by atoms with van der Waals surface area (Å²) in [4.78, 5) is 0. The van der Waals surface area contributed by atoms with Gasteiger partial charge in [-0.05, 0) is 37.5 Å². The van der Waals surface area contributed by atoms with Crippen LogP contribution in [0.25, 0.3) is 0 Å². The minimum absolute atomic E-state index is 0.119. The molecule has 0 spiro atoms. The van der Waals surface area contributed by atoms with Crippen LogP contribution < -0.4 is 5.32 Å². The number of halogens is 1. The summed E-state index contributed by atoms with van der Waals surface area (Å²) in [5.74, 6) is -0.119. The van der Waals surface area contributed by atoms with Gasteiger partial charge in [0.25, 0.3) is 0 Å². The molecule has 0 radical (unpaired) electrons. The SMILES string of the molecule is CCCCCCC(C)NCc1ccc(F)c(C)c1. The molecule has 2 heteroatoms.